The lowest BCUT2D eigenvalue weighted by atomic mass is 9.88. The standard InChI is InChI=1S/6C25H20/c1-19-24(21-13-7-3-8-14-21)17-23(20-11-5-2-6-12-20)18-25(19)22-15-9-4-10-16-22;1-19-10-8-9-15-25(19)24-17-22(20-11-4-2-5-12-20)16-23(18-24)21-13-6-3-7-14-21;1-19-9-8-14-22(15-19)25-17-23(20-10-4-2-5-11-20)16-24(18-25)21-12-6-3-7-13-21;1-19-12-14-22(15-13-19)25-17-23(20-8-4-2-5-9-20)16-24(18-25)21-10-6-3-7-11-21;1-19-9-7-13-22(17-19)24-15-5-6-16-25(24)23-14-8-12-21(18-23)20-10-3-2-4-11-20;1-19-14-16-21(17-15-19)24-12-5-6-13-25(24)23-11-7-10-22(18-23)20-8-3-2-4-9-20/h6*2-18H,1H3. The molecule has 150 heavy (non-hydrogen) atoms. The molecule has 0 fully saturated rings. The van der Waals surface area contributed by atoms with Crippen molar-refractivity contribution in [2.45, 2.75) is 41.5 Å². The van der Waals surface area contributed by atoms with Crippen LogP contribution >= 0.6 is 0 Å². The monoisotopic (exact) mass is 1920 g/mol. The van der Waals surface area contributed by atoms with Gasteiger partial charge in [0.15, 0.2) is 0 Å². The molecular formula is C150H120. The van der Waals surface area contributed by atoms with Crippen molar-refractivity contribution in [1.82, 2.24) is 0 Å². The Labute approximate surface area is 887 Å². The lowest BCUT2D eigenvalue weighted by Gasteiger charge is -2.16. The van der Waals surface area contributed by atoms with Gasteiger partial charge in [0.05, 0.1) is 0 Å². The summed E-state index contributed by atoms with van der Waals surface area (Å²) in [6.07, 6.45) is 0. The summed E-state index contributed by atoms with van der Waals surface area (Å²) < 4.78 is 0. The molecule has 0 spiro atoms. The van der Waals surface area contributed by atoms with Crippen LogP contribution in [0.1, 0.15) is 33.4 Å². The molecular weight excluding hydrogens is 1800 g/mol. The average Bonchev–Trinajstić information content (AvgIpc) is 0.766. The maximum atomic E-state index is 2.31. The highest BCUT2D eigenvalue weighted by atomic mass is 14.2. The van der Waals surface area contributed by atoms with Crippen molar-refractivity contribution in [2.24, 2.45) is 0 Å². The Kier molecular flexibility index (Phi) is 33.1. The number of hydrogen-bond donors (Lipinski definition) is 0. The molecule has 0 aliphatic rings. The molecule has 24 rings (SSSR count). The van der Waals surface area contributed by atoms with Crippen LogP contribution in [-0.4, -0.2) is 0 Å². The summed E-state index contributed by atoms with van der Waals surface area (Å²) in [5.41, 5.74) is 53.0. The quantitative estimate of drug-likeness (QED) is 0.0803. The summed E-state index contributed by atoms with van der Waals surface area (Å²) in [6, 6.07) is 220. The van der Waals surface area contributed by atoms with E-state index in [2.05, 4.69) is 660 Å². The SMILES string of the molecule is Cc1c(-c2ccccc2)cc(-c2ccccc2)cc1-c1ccccc1.Cc1ccc(-c2cc(-c3ccccc3)cc(-c3ccccc3)c2)cc1.Cc1ccc(-c2ccccc2-c2cccc(-c3ccccc3)c2)cc1.Cc1cccc(-c2cc(-c3ccccc3)cc(-c3ccccc3)c2)c1.Cc1cccc(-c2ccccc2-c2cccc(-c3ccccc3)c2)c1.Cc1ccccc1-c1cc(-c2ccccc2)cc(-c2ccccc2)c1. The minimum absolute atomic E-state index is 1.24. The summed E-state index contributed by atoms with van der Waals surface area (Å²) in [6.45, 7) is 12.9. The Bertz CT molecular complexity index is 8250. The second kappa shape index (κ2) is 49.7. The van der Waals surface area contributed by atoms with Crippen molar-refractivity contribution in [1.29, 1.82) is 0 Å². The van der Waals surface area contributed by atoms with Gasteiger partial charge in [-0.05, 0) is 332 Å². The Balaban J connectivity index is 0.000000113. The molecule has 24 aromatic carbocycles. The van der Waals surface area contributed by atoms with E-state index in [1.165, 1.54) is 234 Å². The van der Waals surface area contributed by atoms with Crippen molar-refractivity contribution in [3.8, 4) is 200 Å². The van der Waals surface area contributed by atoms with E-state index in [1.807, 2.05) is 0 Å². The smallest absolute Gasteiger partial charge is 0.0105 e. The minimum atomic E-state index is 1.24. The molecule has 0 atom stereocenters. The average molecular weight is 1920 g/mol. The Hall–Kier alpha value is -18.7. The fourth-order valence-corrected chi connectivity index (χ4v) is 19.5. The molecule has 0 N–H and O–H groups in total. The van der Waals surface area contributed by atoms with Crippen LogP contribution in [0.2, 0.25) is 0 Å². The van der Waals surface area contributed by atoms with Gasteiger partial charge in [-0.1, -0.05) is 562 Å². The number of aryl methyl sites for hydroxylation is 5. The molecule has 0 unspecified atom stereocenters. The lowest BCUT2D eigenvalue weighted by Crippen LogP contribution is -1.91. The maximum absolute atomic E-state index is 2.31. The van der Waals surface area contributed by atoms with Crippen LogP contribution in [0, 0.1) is 41.5 Å². The van der Waals surface area contributed by atoms with Gasteiger partial charge in [0.1, 0.15) is 0 Å². The van der Waals surface area contributed by atoms with E-state index in [0.29, 0.717) is 0 Å². The van der Waals surface area contributed by atoms with Crippen molar-refractivity contribution >= 4 is 0 Å². The van der Waals surface area contributed by atoms with E-state index in [0.717, 1.165) is 0 Å². The zero-order chi connectivity index (χ0) is 102. The van der Waals surface area contributed by atoms with Gasteiger partial charge in [-0.3, -0.25) is 0 Å². The van der Waals surface area contributed by atoms with Gasteiger partial charge in [0.2, 0.25) is 0 Å². The molecule has 0 aliphatic heterocycles. The maximum Gasteiger partial charge on any atom is -0.0105 e. The van der Waals surface area contributed by atoms with Gasteiger partial charge in [-0.15, -0.1) is 0 Å². The van der Waals surface area contributed by atoms with Gasteiger partial charge >= 0.3 is 0 Å². The van der Waals surface area contributed by atoms with Crippen molar-refractivity contribution in [3.05, 3.63) is 652 Å². The van der Waals surface area contributed by atoms with Crippen LogP contribution in [0.15, 0.2) is 619 Å². The number of benzene rings is 24. The largest absolute Gasteiger partial charge is 0.0622 e. The molecule has 0 aromatic heterocycles. The van der Waals surface area contributed by atoms with E-state index in [4.69, 9.17) is 0 Å². The first-order chi connectivity index (χ1) is 73.8. The van der Waals surface area contributed by atoms with E-state index < -0.39 is 0 Å². The van der Waals surface area contributed by atoms with Gasteiger partial charge in [-0.25, -0.2) is 0 Å². The third-order valence-electron chi connectivity index (χ3n) is 27.4. The fraction of sp³-hybridized carbons (Fsp3) is 0.0400. The predicted molar refractivity (Wildman–Crippen MR) is 645 cm³/mol. The molecule has 0 radical (unpaired) electrons. The highest BCUT2D eigenvalue weighted by molar-refractivity contribution is 5.91. The molecule has 0 amide bonds. The zero-order valence-electron chi connectivity index (χ0n) is 85.9. The normalized spacial score (nSPS) is 10.6. The van der Waals surface area contributed by atoms with Crippen LogP contribution < -0.4 is 0 Å². The van der Waals surface area contributed by atoms with Gasteiger partial charge < -0.3 is 0 Å². The van der Waals surface area contributed by atoms with Gasteiger partial charge in [0, 0.05) is 0 Å². The lowest BCUT2D eigenvalue weighted by molar-refractivity contribution is 1.44. The fourth-order valence-electron chi connectivity index (χ4n) is 19.5. The summed E-state index contributed by atoms with van der Waals surface area (Å²) in [7, 11) is 0. The minimum Gasteiger partial charge on any atom is -0.0622 e. The van der Waals surface area contributed by atoms with Crippen LogP contribution in [0.25, 0.3) is 200 Å². The van der Waals surface area contributed by atoms with Gasteiger partial charge in [-0.2, -0.15) is 0 Å². The van der Waals surface area contributed by atoms with E-state index >= 15 is 0 Å². The molecule has 0 nitrogen and oxygen atoms in total. The first kappa shape index (κ1) is 100.0. The molecule has 24 aromatic rings. The van der Waals surface area contributed by atoms with Crippen LogP contribution in [0.5, 0.6) is 0 Å². The second-order valence-electron chi connectivity index (χ2n) is 38.2. The molecule has 0 bridgehead atoms. The molecule has 720 valence electrons. The highest BCUT2D eigenvalue weighted by Crippen LogP contribution is 2.43. The third kappa shape index (κ3) is 26.0. The van der Waals surface area contributed by atoms with Crippen LogP contribution in [0.4, 0.5) is 0 Å². The molecule has 0 heterocycles. The summed E-state index contributed by atoms with van der Waals surface area (Å²) in [5.74, 6) is 0. The number of hydrogen-bond acceptors (Lipinski definition) is 0. The Morgan fingerprint density at radius 1 is 0.0800 bits per heavy atom. The number of rotatable bonds is 18. The van der Waals surface area contributed by atoms with Crippen molar-refractivity contribution in [2.75, 3.05) is 0 Å². The van der Waals surface area contributed by atoms with Crippen molar-refractivity contribution < 1.29 is 0 Å². The summed E-state index contributed by atoms with van der Waals surface area (Å²) in [4.78, 5) is 0. The molecule has 0 saturated carbocycles. The van der Waals surface area contributed by atoms with E-state index in [9.17, 15) is 0 Å². The predicted octanol–water partition coefficient (Wildman–Crippen LogP) is 42.0. The zero-order valence-corrected chi connectivity index (χ0v) is 85.9. The summed E-state index contributed by atoms with van der Waals surface area (Å²) >= 11 is 0. The summed E-state index contributed by atoms with van der Waals surface area (Å²) in [5, 5.41) is 0. The third-order valence-corrected chi connectivity index (χ3v) is 27.4. The molecule has 0 saturated heterocycles. The first-order valence-electron chi connectivity index (χ1n) is 51.8. The Morgan fingerprint density at radius 2 is 0.247 bits per heavy atom. The first-order valence-corrected chi connectivity index (χ1v) is 51.8. The molecule has 0 heteroatoms. The van der Waals surface area contributed by atoms with Crippen LogP contribution in [-0.2, 0) is 0 Å². The topological polar surface area (TPSA) is 0 Å². The van der Waals surface area contributed by atoms with E-state index in [1.54, 1.807) is 0 Å². The Morgan fingerprint density at radius 3 is 0.527 bits per heavy atom. The van der Waals surface area contributed by atoms with E-state index in [-0.39, 0.29) is 0 Å². The van der Waals surface area contributed by atoms with Crippen molar-refractivity contribution in [3.63, 3.8) is 0 Å². The molecule has 0 aliphatic carbocycles. The highest BCUT2D eigenvalue weighted by Gasteiger charge is 2.18. The van der Waals surface area contributed by atoms with Crippen LogP contribution in [0.3, 0.4) is 0 Å². The second-order valence-corrected chi connectivity index (χ2v) is 38.2. The van der Waals surface area contributed by atoms with Gasteiger partial charge in [0.25, 0.3) is 0 Å².